The highest BCUT2D eigenvalue weighted by Crippen LogP contribution is 2.24. The first kappa shape index (κ1) is 11.4. The second-order valence-corrected chi connectivity index (χ2v) is 3.84. The Morgan fingerprint density at radius 2 is 2.24 bits per heavy atom. The van der Waals surface area contributed by atoms with Crippen LogP contribution in [0.1, 0.15) is 19.9 Å². The first-order valence-electron chi connectivity index (χ1n) is 5.58. The van der Waals surface area contributed by atoms with Crippen molar-refractivity contribution in [2.45, 2.75) is 19.9 Å². The topological polar surface area (TPSA) is 67.2 Å². The number of fused-ring (bicyclic) bond motifs is 1. The molecule has 17 heavy (non-hydrogen) atoms. The molecule has 2 N–H and O–H groups in total. The van der Waals surface area contributed by atoms with Gasteiger partial charge in [0, 0.05) is 6.54 Å². The summed E-state index contributed by atoms with van der Waals surface area (Å²) < 4.78 is 1.71. The Morgan fingerprint density at radius 3 is 2.88 bits per heavy atom. The third-order valence-corrected chi connectivity index (χ3v) is 2.68. The van der Waals surface area contributed by atoms with E-state index in [2.05, 4.69) is 10.3 Å². The zero-order chi connectivity index (χ0) is 12.4. The fourth-order valence-corrected chi connectivity index (χ4v) is 1.83. The number of carboxylic acid groups (broad SMARTS) is 1. The molecule has 90 valence electrons. The third kappa shape index (κ3) is 1.95. The fourth-order valence-electron chi connectivity index (χ4n) is 1.83. The second kappa shape index (κ2) is 4.45. The Morgan fingerprint density at radius 1 is 1.53 bits per heavy atom. The number of aliphatic carboxylic acids is 1. The molecule has 0 fully saturated rings. The van der Waals surface area contributed by atoms with Gasteiger partial charge in [-0.3, -0.25) is 4.57 Å². The molecule has 0 aliphatic heterocycles. The Bertz CT molecular complexity index is 548. The third-order valence-electron chi connectivity index (χ3n) is 2.68. The fraction of sp³-hybridized carbons (Fsp3) is 0.333. The van der Waals surface area contributed by atoms with E-state index < -0.39 is 12.0 Å². The second-order valence-electron chi connectivity index (χ2n) is 3.84. The van der Waals surface area contributed by atoms with Gasteiger partial charge in [-0.25, -0.2) is 9.78 Å². The van der Waals surface area contributed by atoms with Crippen molar-refractivity contribution in [3.8, 4) is 0 Å². The number of carbonyl (C=O) groups is 1. The van der Waals surface area contributed by atoms with E-state index in [1.807, 2.05) is 31.2 Å². The van der Waals surface area contributed by atoms with Gasteiger partial charge in [0.15, 0.2) is 0 Å². The van der Waals surface area contributed by atoms with Crippen LogP contribution in [0.15, 0.2) is 24.3 Å². The van der Waals surface area contributed by atoms with Gasteiger partial charge >= 0.3 is 5.97 Å². The van der Waals surface area contributed by atoms with Crippen molar-refractivity contribution in [2.75, 3.05) is 11.9 Å². The van der Waals surface area contributed by atoms with Gasteiger partial charge in [-0.2, -0.15) is 0 Å². The number of carboxylic acids is 1. The minimum Gasteiger partial charge on any atom is -0.480 e. The average molecular weight is 233 g/mol. The maximum atomic E-state index is 11.1. The number of nitrogens with zero attached hydrogens (tertiary/aromatic N) is 2. The van der Waals surface area contributed by atoms with Gasteiger partial charge in [-0.05, 0) is 26.0 Å². The number of imidazole rings is 1. The van der Waals surface area contributed by atoms with Crippen LogP contribution in [-0.2, 0) is 4.79 Å². The molecule has 0 bridgehead atoms. The van der Waals surface area contributed by atoms with Gasteiger partial charge in [0.05, 0.1) is 11.0 Å². The summed E-state index contributed by atoms with van der Waals surface area (Å²) in [7, 11) is 0. The van der Waals surface area contributed by atoms with Crippen LogP contribution in [0.4, 0.5) is 5.95 Å². The molecular weight excluding hydrogens is 218 g/mol. The normalized spacial score (nSPS) is 12.6. The van der Waals surface area contributed by atoms with Gasteiger partial charge in [0.25, 0.3) is 0 Å². The van der Waals surface area contributed by atoms with Gasteiger partial charge in [0.1, 0.15) is 6.04 Å². The first-order chi connectivity index (χ1) is 8.15. The number of benzene rings is 1. The van der Waals surface area contributed by atoms with Gasteiger partial charge in [-0.15, -0.1) is 0 Å². The van der Waals surface area contributed by atoms with E-state index in [9.17, 15) is 4.79 Å². The molecule has 2 aromatic rings. The summed E-state index contributed by atoms with van der Waals surface area (Å²) >= 11 is 0. The van der Waals surface area contributed by atoms with E-state index in [1.54, 1.807) is 11.5 Å². The zero-order valence-electron chi connectivity index (χ0n) is 9.84. The van der Waals surface area contributed by atoms with Crippen molar-refractivity contribution in [3.05, 3.63) is 24.3 Å². The van der Waals surface area contributed by atoms with Crippen molar-refractivity contribution in [1.29, 1.82) is 0 Å². The summed E-state index contributed by atoms with van der Waals surface area (Å²) in [5.41, 5.74) is 1.63. The number of rotatable bonds is 4. The van der Waals surface area contributed by atoms with Crippen LogP contribution in [0.5, 0.6) is 0 Å². The van der Waals surface area contributed by atoms with Crippen molar-refractivity contribution in [2.24, 2.45) is 0 Å². The van der Waals surface area contributed by atoms with Crippen LogP contribution < -0.4 is 5.32 Å². The van der Waals surface area contributed by atoms with Gasteiger partial charge in [0.2, 0.25) is 5.95 Å². The SMILES string of the molecule is CCNc1nc2ccccc2n1C(C)C(=O)O. The smallest absolute Gasteiger partial charge is 0.326 e. The highest BCUT2D eigenvalue weighted by Gasteiger charge is 2.20. The predicted octanol–water partition coefficient (Wildman–Crippen LogP) is 2.11. The van der Waals surface area contributed by atoms with Gasteiger partial charge in [-0.1, -0.05) is 12.1 Å². The molecule has 0 saturated carbocycles. The molecule has 1 heterocycles. The van der Waals surface area contributed by atoms with E-state index in [0.29, 0.717) is 12.5 Å². The van der Waals surface area contributed by atoms with Gasteiger partial charge < -0.3 is 10.4 Å². The van der Waals surface area contributed by atoms with Crippen molar-refractivity contribution in [1.82, 2.24) is 9.55 Å². The number of nitrogens with one attached hydrogen (secondary N) is 1. The molecule has 1 unspecified atom stereocenters. The van der Waals surface area contributed by atoms with E-state index in [-0.39, 0.29) is 0 Å². The predicted molar refractivity (Wildman–Crippen MR) is 66.2 cm³/mol. The van der Waals surface area contributed by atoms with E-state index in [4.69, 9.17) is 5.11 Å². The molecule has 2 rings (SSSR count). The molecule has 5 heteroatoms. The molecule has 0 aliphatic carbocycles. The summed E-state index contributed by atoms with van der Waals surface area (Å²) in [6.45, 7) is 4.31. The maximum absolute atomic E-state index is 11.1. The molecule has 0 aliphatic rings. The minimum absolute atomic E-state index is 0.601. The molecule has 1 aromatic carbocycles. The highest BCUT2D eigenvalue weighted by molar-refractivity contribution is 5.82. The Hall–Kier alpha value is -2.04. The lowest BCUT2D eigenvalue weighted by atomic mass is 10.3. The minimum atomic E-state index is -0.868. The molecule has 0 amide bonds. The molecule has 0 radical (unpaired) electrons. The summed E-state index contributed by atoms with van der Waals surface area (Å²) in [4.78, 5) is 15.5. The van der Waals surface area contributed by atoms with Crippen LogP contribution in [0.2, 0.25) is 0 Å². The summed E-state index contributed by atoms with van der Waals surface area (Å²) in [6, 6.07) is 6.88. The lowest BCUT2D eigenvalue weighted by Crippen LogP contribution is -2.18. The quantitative estimate of drug-likeness (QED) is 0.848. The largest absolute Gasteiger partial charge is 0.480 e. The summed E-state index contributed by atoms with van der Waals surface area (Å²) in [6.07, 6.45) is 0. The average Bonchev–Trinajstić information content (AvgIpc) is 2.66. The number of para-hydroxylation sites is 2. The number of hydrogen-bond donors (Lipinski definition) is 2. The van der Waals surface area contributed by atoms with E-state index in [1.165, 1.54) is 0 Å². The molecule has 0 saturated heterocycles. The summed E-state index contributed by atoms with van der Waals surface area (Å²) in [5.74, 6) is -0.268. The standard InChI is InChI=1S/C12H15N3O2/c1-3-13-12-14-9-6-4-5-7-10(9)15(12)8(2)11(16)17/h4-8H,3H2,1-2H3,(H,13,14)(H,16,17). The van der Waals surface area contributed by atoms with Crippen molar-refractivity contribution < 1.29 is 9.90 Å². The maximum Gasteiger partial charge on any atom is 0.326 e. The Kier molecular flexibility index (Phi) is 2.99. The first-order valence-corrected chi connectivity index (χ1v) is 5.58. The number of anilines is 1. The van der Waals surface area contributed by atoms with Crippen LogP contribution in [0, 0.1) is 0 Å². The molecule has 0 spiro atoms. The highest BCUT2D eigenvalue weighted by atomic mass is 16.4. The monoisotopic (exact) mass is 233 g/mol. The number of hydrogen-bond acceptors (Lipinski definition) is 3. The Labute approximate surface area is 99.1 Å². The van der Waals surface area contributed by atoms with E-state index in [0.717, 1.165) is 11.0 Å². The lowest BCUT2D eigenvalue weighted by Gasteiger charge is -2.13. The van der Waals surface area contributed by atoms with Crippen molar-refractivity contribution in [3.63, 3.8) is 0 Å². The summed E-state index contributed by atoms with van der Waals surface area (Å²) in [5, 5.41) is 12.2. The van der Waals surface area contributed by atoms with Crippen molar-refractivity contribution >= 4 is 23.0 Å². The molecule has 5 nitrogen and oxygen atoms in total. The van der Waals surface area contributed by atoms with Crippen LogP contribution in [0.25, 0.3) is 11.0 Å². The van der Waals surface area contributed by atoms with Crippen LogP contribution in [0.3, 0.4) is 0 Å². The van der Waals surface area contributed by atoms with Crippen LogP contribution >= 0.6 is 0 Å². The lowest BCUT2D eigenvalue weighted by molar-refractivity contribution is -0.140. The molecular formula is C12H15N3O2. The Balaban J connectivity index is 2.63. The zero-order valence-corrected chi connectivity index (χ0v) is 9.84. The van der Waals surface area contributed by atoms with E-state index >= 15 is 0 Å². The number of aromatic nitrogens is 2. The van der Waals surface area contributed by atoms with Crippen LogP contribution in [-0.4, -0.2) is 27.2 Å². The molecule has 1 aromatic heterocycles. The molecule has 1 atom stereocenters.